The molecule has 0 radical (unpaired) electrons. The Labute approximate surface area is 92.8 Å². The highest BCUT2D eigenvalue weighted by molar-refractivity contribution is 5.90. The van der Waals surface area contributed by atoms with Crippen molar-refractivity contribution in [1.82, 2.24) is 4.98 Å². The monoisotopic (exact) mass is 248 g/mol. The largest absolute Gasteiger partial charge is 0.505 e. The number of rotatable bonds is 3. The van der Waals surface area contributed by atoms with E-state index in [-0.39, 0.29) is 0 Å². The van der Waals surface area contributed by atoms with E-state index in [9.17, 15) is 28.8 Å². The quantitative estimate of drug-likeness (QED) is 0.493. The van der Waals surface area contributed by atoms with Crippen molar-refractivity contribution < 1.29 is 28.3 Å². The van der Waals surface area contributed by atoms with Crippen molar-refractivity contribution in [2.45, 2.75) is 6.43 Å². The zero-order chi connectivity index (χ0) is 13.2. The fourth-order valence-electron chi connectivity index (χ4n) is 1.06. The number of halogens is 2. The number of carbonyl (C=O) groups excluding carboxylic acids is 1. The number of methoxy groups -OCH3 is 1. The first kappa shape index (κ1) is 12.7. The average Bonchev–Trinajstić information content (AvgIpc) is 2.27. The minimum absolute atomic E-state index is 0.431. The van der Waals surface area contributed by atoms with Crippen molar-refractivity contribution >= 4 is 11.7 Å². The van der Waals surface area contributed by atoms with E-state index >= 15 is 0 Å². The van der Waals surface area contributed by atoms with Crippen LogP contribution in [-0.4, -0.2) is 28.1 Å². The lowest BCUT2D eigenvalue weighted by Crippen LogP contribution is -2.09. The van der Waals surface area contributed by atoms with E-state index in [0.29, 0.717) is 6.07 Å². The van der Waals surface area contributed by atoms with E-state index in [1.807, 2.05) is 0 Å². The number of aromatic nitrogens is 1. The molecule has 0 fully saturated rings. The first-order valence-corrected chi connectivity index (χ1v) is 4.13. The number of nitrogens with zero attached hydrogens (tertiary/aromatic N) is 2. The minimum Gasteiger partial charge on any atom is -0.505 e. The first-order chi connectivity index (χ1) is 7.88. The van der Waals surface area contributed by atoms with E-state index in [0.717, 1.165) is 7.11 Å². The van der Waals surface area contributed by atoms with Gasteiger partial charge in [-0.2, -0.15) is 0 Å². The van der Waals surface area contributed by atoms with E-state index < -0.39 is 40.1 Å². The molecule has 17 heavy (non-hydrogen) atoms. The number of esters is 1. The summed E-state index contributed by atoms with van der Waals surface area (Å²) in [5, 5.41) is 19.7. The van der Waals surface area contributed by atoms with Gasteiger partial charge in [-0.25, -0.2) is 18.6 Å². The van der Waals surface area contributed by atoms with Crippen LogP contribution in [0.3, 0.4) is 0 Å². The Morgan fingerprint density at radius 2 is 2.24 bits per heavy atom. The number of alkyl halides is 2. The summed E-state index contributed by atoms with van der Waals surface area (Å²) in [6, 6.07) is 0.431. The summed E-state index contributed by atoms with van der Waals surface area (Å²) < 4.78 is 29.1. The standard InChI is InChI=1S/C8H6F2N2O5/c1-17-8(14)6-4(13)2-3(12(15)16)5(11-6)7(9)10/h2,7,13H,1H3. The number of carbonyl (C=O) groups is 1. The fraction of sp³-hybridized carbons (Fsp3) is 0.250. The van der Waals surface area contributed by atoms with Crippen LogP contribution >= 0.6 is 0 Å². The zero-order valence-electron chi connectivity index (χ0n) is 8.39. The van der Waals surface area contributed by atoms with Gasteiger partial charge in [-0.05, 0) is 0 Å². The highest BCUT2D eigenvalue weighted by Crippen LogP contribution is 2.31. The molecule has 0 saturated carbocycles. The van der Waals surface area contributed by atoms with Crippen molar-refractivity contribution in [1.29, 1.82) is 0 Å². The van der Waals surface area contributed by atoms with Crippen LogP contribution in [0.5, 0.6) is 5.75 Å². The molecule has 92 valence electrons. The van der Waals surface area contributed by atoms with Crippen LogP contribution < -0.4 is 0 Å². The van der Waals surface area contributed by atoms with Gasteiger partial charge in [0.15, 0.2) is 17.1 Å². The third-order valence-electron chi connectivity index (χ3n) is 1.79. The molecule has 0 aromatic carbocycles. The van der Waals surface area contributed by atoms with Gasteiger partial charge in [-0.3, -0.25) is 10.1 Å². The highest BCUT2D eigenvalue weighted by Gasteiger charge is 2.28. The maximum absolute atomic E-state index is 12.5. The predicted octanol–water partition coefficient (Wildman–Crippen LogP) is 1.42. The number of nitro groups is 1. The number of hydrogen-bond donors (Lipinski definition) is 1. The SMILES string of the molecule is COC(=O)c1nc(C(F)F)c([N+](=O)[O-])cc1O. The molecule has 0 spiro atoms. The topological polar surface area (TPSA) is 103 Å². The lowest BCUT2D eigenvalue weighted by atomic mass is 10.2. The fourth-order valence-corrected chi connectivity index (χ4v) is 1.06. The van der Waals surface area contributed by atoms with Gasteiger partial charge in [0.05, 0.1) is 18.1 Å². The van der Waals surface area contributed by atoms with Crippen LogP contribution in [0.15, 0.2) is 6.07 Å². The Balaban J connectivity index is 3.45. The molecule has 0 bridgehead atoms. The molecule has 0 unspecified atom stereocenters. The van der Waals surface area contributed by atoms with Gasteiger partial charge in [-0.1, -0.05) is 0 Å². The molecule has 1 rings (SSSR count). The zero-order valence-corrected chi connectivity index (χ0v) is 8.39. The molecule has 0 aliphatic carbocycles. The van der Waals surface area contributed by atoms with Crippen molar-refractivity contribution in [3.8, 4) is 5.75 Å². The Morgan fingerprint density at radius 3 is 2.65 bits per heavy atom. The smallest absolute Gasteiger partial charge is 0.360 e. The van der Waals surface area contributed by atoms with Crippen LogP contribution in [0.1, 0.15) is 22.6 Å². The lowest BCUT2D eigenvalue weighted by molar-refractivity contribution is -0.386. The molecule has 0 aliphatic rings. The van der Waals surface area contributed by atoms with Crippen molar-refractivity contribution in [3.63, 3.8) is 0 Å². The predicted molar refractivity (Wildman–Crippen MR) is 48.9 cm³/mol. The Hall–Kier alpha value is -2.32. The van der Waals surface area contributed by atoms with Gasteiger partial charge in [0.1, 0.15) is 0 Å². The summed E-state index contributed by atoms with van der Waals surface area (Å²) in [7, 11) is 0.951. The molecule has 0 atom stereocenters. The van der Waals surface area contributed by atoms with Crippen LogP contribution in [0.2, 0.25) is 0 Å². The minimum atomic E-state index is -3.25. The summed E-state index contributed by atoms with van der Waals surface area (Å²) in [5.74, 6) is -2.06. The number of aromatic hydroxyl groups is 1. The van der Waals surface area contributed by atoms with Crippen molar-refractivity contribution in [2.75, 3.05) is 7.11 Å². The first-order valence-electron chi connectivity index (χ1n) is 4.13. The molecule has 1 N–H and O–H groups in total. The molecule has 0 amide bonds. The second kappa shape index (κ2) is 4.68. The Morgan fingerprint density at radius 1 is 1.65 bits per heavy atom. The van der Waals surface area contributed by atoms with Crippen LogP contribution in [0.25, 0.3) is 0 Å². The molecule has 7 nitrogen and oxygen atoms in total. The molecule has 0 aliphatic heterocycles. The molecular formula is C8H6F2N2O5. The second-order valence-electron chi connectivity index (χ2n) is 2.81. The van der Waals surface area contributed by atoms with Crippen LogP contribution in [0.4, 0.5) is 14.5 Å². The van der Waals surface area contributed by atoms with Gasteiger partial charge in [0.2, 0.25) is 0 Å². The number of ether oxygens (including phenoxy) is 1. The van der Waals surface area contributed by atoms with Gasteiger partial charge >= 0.3 is 5.97 Å². The van der Waals surface area contributed by atoms with Gasteiger partial charge in [-0.15, -0.1) is 0 Å². The van der Waals surface area contributed by atoms with Crippen molar-refractivity contribution in [3.05, 3.63) is 27.6 Å². The molecule has 1 heterocycles. The Bertz CT molecular complexity index is 477. The normalized spacial score (nSPS) is 10.4. The summed E-state index contributed by atoms with van der Waals surface area (Å²) in [6.45, 7) is 0. The van der Waals surface area contributed by atoms with Gasteiger partial charge in [0, 0.05) is 0 Å². The summed E-state index contributed by atoms with van der Waals surface area (Å²) >= 11 is 0. The third kappa shape index (κ3) is 2.44. The molecule has 0 saturated heterocycles. The van der Waals surface area contributed by atoms with E-state index in [1.54, 1.807) is 0 Å². The van der Waals surface area contributed by atoms with Crippen LogP contribution in [0, 0.1) is 10.1 Å². The van der Waals surface area contributed by atoms with Crippen molar-refractivity contribution in [2.24, 2.45) is 0 Å². The Kier molecular flexibility index (Phi) is 3.51. The summed E-state index contributed by atoms with van der Waals surface area (Å²) in [5.41, 5.74) is -3.06. The second-order valence-corrected chi connectivity index (χ2v) is 2.81. The average molecular weight is 248 g/mol. The van der Waals surface area contributed by atoms with Crippen LogP contribution in [-0.2, 0) is 4.74 Å². The third-order valence-corrected chi connectivity index (χ3v) is 1.79. The maximum atomic E-state index is 12.5. The maximum Gasteiger partial charge on any atom is 0.360 e. The number of pyridine rings is 1. The summed E-state index contributed by atoms with van der Waals surface area (Å²) in [4.78, 5) is 23.4. The molecular weight excluding hydrogens is 242 g/mol. The lowest BCUT2D eigenvalue weighted by Gasteiger charge is -2.05. The van der Waals surface area contributed by atoms with Gasteiger partial charge in [0.25, 0.3) is 12.1 Å². The highest BCUT2D eigenvalue weighted by atomic mass is 19.3. The van der Waals surface area contributed by atoms with Gasteiger partial charge < -0.3 is 9.84 Å². The van der Waals surface area contributed by atoms with E-state index in [2.05, 4.69) is 9.72 Å². The molecule has 1 aromatic heterocycles. The number of hydrogen-bond acceptors (Lipinski definition) is 6. The molecule has 1 aromatic rings. The summed E-state index contributed by atoms with van der Waals surface area (Å²) in [6.07, 6.45) is -3.25. The molecule has 9 heteroatoms. The van der Waals surface area contributed by atoms with E-state index in [1.165, 1.54) is 0 Å². The van der Waals surface area contributed by atoms with E-state index in [4.69, 9.17) is 0 Å².